The quantitative estimate of drug-likeness (QED) is 0.685. The van der Waals surface area contributed by atoms with Crippen LogP contribution in [0.15, 0.2) is 54.6 Å². The van der Waals surface area contributed by atoms with E-state index in [0.29, 0.717) is 15.0 Å². The van der Waals surface area contributed by atoms with Gasteiger partial charge in [-0.25, -0.2) is 0 Å². The molecule has 0 radical (unpaired) electrons. The minimum atomic E-state index is 0.00620. The van der Waals surface area contributed by atoms with Crippen LogP contribution in [0.3, 0.4) is 0 Å². The number of benzene rings is 2. The van der Waals surface area contributed by atoms with Gasteiger partial charge in [0, 0.05) is 0 Å². The van der Waals surface area contributed by atoms with Gasteiger partial charge in [0.1, 0.15) is 0 Å². The van der Waals surface area contributed by atoms with E-state index in [9.17, 15) is 0 Å². The van der Waals surface area contributed by atoms with Gasteiger partial charge in [-0.05, 0) is 0 Å². The first-order valence-corrected chi connectivity index (χ1v) is 10.2. The predicted molar refractivity (Wildman–Crippen MR) is 75.0 cm³/mol. The zero-order valence-electron chi connectivity index (χ0n) is 9.63. The number of hydrogen-bond donors (Lipinski definition) is 0. The Morgan fingerprint density at radius 1 is 1.00 bits per heavy atom. The summed E-state index contributed by atoms with van der Waals surface area (Å²) in [4.78, 5) is 0. The SMILES string of the molecule is COc1ccc([Se]C[Te]c2ccccc2)cc1. The minimum absolute atomic E-state index is 0.00620. The van der Waals surface area contributed by atoms with Gasteiger partial charge >= 0.3 is 120 Å². The van der Waals surface area contributed by atoms with Crippen molar-refractivity contribution in [2.75, 3.05) is 7.11 Å². The van der Waals surface area contributed by atoms with Crippen LogP contribution in [0, 0.1) is 0 Å². The molecule has 17 heavy (non-hydrogen) atoms. The van der Waals surface area contributed by atoms with Gasteiger partial charge in [-0.1, -0.05) is 0 Å². The Morgan fingerprint density at radius 3 is 2.35 bits per heavy atom. The molecule has 0 aromatic heterocycles. The zero-order chi connectivity index (χ0) is 11.9. The molecule has 0 bridgehead atoms. The van der Waals surface area contributed by atoms with Gasteiger partial charge in [0.2, 0.25) is 0 Å². The Hall–Kier alpha value is -0.451. The predicted octanol–water partition coefficient (Wildman–Crippen LogP) is 1.43. The molecule has 0 N–H and O–H groups in total. The van der Waals surface area contributed by atoms with Crippen LogP contribution in [0.2, 0.25) is 3.37 Å². The summed E-state index contributed by atoms with van der Waals surface area (Å²) in [6.07, 6.45) is 0. The molecule has 3 heteroatoms. The van der Waals surface area contributed by atoms with Gasteiger partial charge in [-0.3, -0.25) is 0 Å². The fraction of sp³-hybridized carbons (Fsp3) is 0.143. The van der Waals surface area contributed by atoms with E-state index in [0.717, 1.165) is 5.75 Å². The molecular formula is C14H14OSeTe. The van der Waals surface area contributed by atoms with E-state index >= 15 is 0 Å². The van der Waals surface area contributed by atoms with Crippen LogP contribution in [0.25, 0.3) is 0 Å². The van der Waals surface area contributed by atoms with Crippen LogP contribution in [-0.2, 0) is 0 Å². The van der Waals surface area contributed by atoms with Gasteiger partial charge in [-0.2, -0.15) is 0 Å². The van der Waals surface area contributed by atoms with Crippen LogP contribution in [-0.4, -0.2) is 43.0 Å². The van der Waals surface area contributed by atoms with Gasteiger partial charge in [0.15, 0.2) is 0 Å². The topological polar surface area (TPSA) is 9.23 Å². The summed E-state index contributed by atoms with van der Waals surface area (Å²) in [5.74, 6) is 0.948. The maximum atomic E-state index is 5.16. The summed E-state index contributed by atoms with van der Waals surface area (Å²) in [5.41, 5.74) is 0. The van der Waals surface area contributed by atoms with Crippen molar-refractivity contribution >= 4 is 44.0 Å². The first kappa shape index (κ1) is 13.0. The van der Waals surface area contributed by atoms with Gasteiger partial charge in [0.05, 0.1) is 0 Å². The standard InChI is InChI=1S/C14H14OSeTe/c1-15-12-7-9-13(10-8-12)16-11-17-14-5-3-2-4-6-14/h2-10H,11H2,1H3. The normalized spacial score (nSPS) is 10.2. The van der Waals surface area contributed by atoms with Crippen molar-refractivity contribution in [2.24, 2.45) is 0 Å². The summed E-state index contributed by atoms with van der Waals surface area (Å²) in [7, 11) is 1.71. The summed E-state index contributed by atoms with van der Waals surface area (Å²) < 4.78 is 9.58. The summed E-state index contributed by atoms with van der Waals surface area (Å²) in [5, 5.41) is 0. The van der Waals surface area contributed by atoms with Crippen LogP contribution in [0.5, 0.6) is 5.75 Å². The van der Waals surface area contributed by atoms with E-state index in [1.165, 1.54) is 7.83 Å². The summed E-state index contributed by atoms with van der Waals surface area (Å²) in [6, 6.07) is 19.4. The molecule has 0 fully saturated rings. The Labute approximate surface area is 119 Å². The summed E-state index contributed by atoms with van der Waals surface area (Å²) in [6.45, 7) is 0. The molecule has 0 aliphatic rings. The molecule has 0 unspecified atom stereocenters. The Bertz CT molecular complexity index is 442. The average Bonchev–Trinajstić information content (AvgIpc) is 2.41. The van der Waals surface area contributed by atoms with E-state index < -0.39 is 0 Å². The molecule has 0 aliphatic heterocycles. The van der Waals surface area contributed by atoms with Gasteiger partial charge in [-0.15, -0.1) is 0 Å². The average molecular weight is 405 g/mol. The van der Waals surface area contributed by atoms with E-state index in [-0.39, 0.29) is 20.9 Å². The van der Waals surface area contributed by atoms with E-state index in [1.54, 1.807) is 10.7 Å². The third-order valence-corrected chi connectivity index (χ3v) is 9.24. The van der Waals surface area contributed by atoms with E-state index in [1.807, 2.05) is 0 Å². The first-order chi connectivity index (χ1) is 8.38. The third-order valence-electron chi connectivity index (χ3n) is 2.25. The maximum absolute atomic E-state index is 5.16. The first-order valence-electron chi connectivity index (χ1n) is 5.33. The van der Waals surface area contributed by atoms with Crippen LogP contribution >= 0.6 is 0 Å². The fourth-order valence-electron chi connectivity index (χ4n) is 1.35. The number of rotatable bonds is 5. The van der Waals surface area contributed by atoms with Crippen molar-refractivity contribution in [3.63, 3.8) is 0 Å². The molecule has 88 valence electrons. The van der Waals surface area contributed by atoms with Crippen LogP contribution < -0.4 is 12.8 Å². The van der Waals surface area contributed by atoms with Crippen molar-refractivity contribution in [2.45, 2.75) is 3.37 Å². The van der Waals surface area contributed by atoms with Crippen LogP contribution in [0.1, 0.15) is 0 Å². The molecule has 2 aromatic rings. The molecule has 0 saturated carbocycles. The number of methoxy groups -OCH3 is 1. The zero-order valence-corrected chi connectivity index (χ0v) is 13.7. The Kier molecular flexibility index (Phi) is 5.42. The van der Waals surface area contributed by atoms with Crippen LogP contribution in [0.4, 0.5) is 0 Å². The molecule has 0 heterocycles. The van der Waals surface area contributed by atoms with Crippen molar-refractivity contribution in [3.05, 3.63) is 54.6 Å². The van der Waals surface area contributed by atoms with Crippen molar-refractivity contribution < 1.29 is 4.74 Å². The van der Waals surface area contributed by atoms with Crippen molar-refractivity contribution in [3.8, 4) is 5.75 Å². The van der Waals surface area contributed by atoms with Gasteiger partial charge in [0.25, 0.3) is 0 Å². The fourth-order valence-corrected chi connectivity index (χ4v) is 8.65. The molecule has 0 aliphatic carbocycles. The third kappa shape index (κ3) is 4.37. The molecule has 2 rings (SSSR count). The van der Waals surface area contributed by atoms with E-state index in [4.69, 9.17) is 4.74 Å². The second-order valence-electron chi connectivity index (χ2n) is 3.40. The summed E-state index contributed by atoms with van der Waals surface area (Å²) >= 11 is 0.622. The van der Waals surface area contributed by atoms with E-state index in [2.05, 4.69) is 54.6 Å². The molecule has 2 aromatic carbocycles. The van der Waals surface area contributed by atoms with Crippen molar-refractivity contribution in [1.29, 1.82) is 0 Å². The molecule has 0 spiro atoms. The molecular weight excluding hydrogens is 391 g/mol. The molecule has 0 saturated heterocycles. The number of ether oxygens (including phenoxy) is 1. The molecule has 1 nitrogen and oxygen atoms in total. The Morgan fingerprint density at radius 2 is 1.71 bits per heavy atom. The van der Waals surface area contributed by atoms with Gasteiger partial charge < -0.3 is 0 Å². The Balaban J connectivity index is 1.82. The monoisotopic (exact) mass is 408 g/mol. The number of hydrogen-bond acceptors (Lipinski definition) is 1. The second kappa shape index (κ2) is 7.09. The van der Waals surface area contributed by atoms with Crippen molar-refractivity contribution in [1.82, 2.24) is 0 Å². The molecule has 0 amide bonds. The second-order valence-corrected chi connectivity index (χ2v) is 11.1. The molecule has 0 atom stereocenters.